The van der Waals surface area contributed by atoms with Crippen LogP contribution in [0.4, 0.5) is 5.82 Å². The van der Waals surface area contributed by atoms with E-state index in [2.05, 4.69) is 65.7 Å². The van der Waals surface area contributed by atoms with Crippen LogP contribution in [0.2, 0.25) is 0 Å². The molecule has 1 aliphatic heterocycles. The molecule has 0 amide bonds. The number of aromatic nitrogens is 2. The summed E-state index contributed by atoms with van der Waals surface area (Å²) in [5, 5.41) is 10.7. The van der Waals surface area contributed by atoms with Crippen LogP contribution in [-0.4, -0.2) is 36.0 Å². The number of rotatable bonds is 2. The molecule has 2 heterocycles. The van der Waals surface area contributed by atoms with Gasteiger partial charge in [0.1, 0.15) is 0 Å². The van der Waals surface area contributed by atoms with Gasteiger partial charge in [0.15, 0.2) is 5.82 Å². The summed E-state index contributed by atoms with van der Waals surface area (Å²) in [7, 11) is 0. The second kappa shape index (κ2) is 5.46. The highest BCUT2D eigenvalue weighted by Gasteiger charge is 2.15. The molecule has 0 atom stereocenters. The van der Waals surface area contributed by atoms with Gasteiger partial charge in [-0.3, -0.25) is 0 Å². The van der Waals surface area contributed by atoms with E-state index < -0.39 is 0 Å². The molecular weight excluding hydrogens is 272 g/mol. The quantitative estimate of drug-likeness (QED) is 0.788. The third kappa shape index (κ3) is 2.35. The first-order chi connectivity index (χ1) is 10.8. The Bertz CT molecular complexity index is 800. The van der Waals surface area contributed by atoms with Crippen molar-refractivity contribution < 1.29 is 0 Å². The van der Waals surface area contributed by atoms with E-state index in [1.807, 2.05) is 4.68 Å². The van der Waals surface area contributed by atoms with Gasteiger partial charge in [0.2, 0.25) is 0 Å². The third-order valence-electron chi connectivity index (χ3n) is 4.29. The maximum absolute atomic E-state index is 4.83. The molecule has 2 aromatic carbocycles. The van der Waals surface area contributed by atoms with E-state index in [0.717, 1.165) is 37.7 Å². The predicted molar refractivity (Wildman–Crippen MR) is 90.9 cm³/mol. The predicted octanol–water partition coefficient (Wildman–Crippen LogP) is 2.74. The molecule has 0 unspecified atom stereocenters. The van der Waals surface area contributed by atoms with Crippen molar-refractivity contribution in [3.8, 4) is 5.69 Å². The number of aryl methyl sites for hydroxylation is 1. The summed E-state index contributed by atoms with van der Waals surface area (Å²) in [4.78, 5) is 2.35. The number of anilines is 1. The number of piperazine rings is 1. The maximum atomic E-state index is 4.83. The Kier molecular flexibility index (Phi) is 3.31. The molecule has 0 radical (unpaired) electrons. The first-order valence-electron chi connectivity index (χ1n) is 7.83. The molecule has 0 saturated carbocycles. The van der Waals surface area contributed by atoms with Crippen molar-refractivity contribution in [1.82, 2.24) is 15.1 Å². The lowest BCUT2D eigenvalue weighted by molar-refractivity contribution is 0.583. The number of nitrogens with zero attached hydrogens (tertiary/aromatic N) is 3. The SMILES string of the molecule is Cc1cc(N2CCNCC2)nn1-c1ccc2ccccc2c1. The van der Waals surface area contributed by atoms with Crippen LogP contribution >= 0.6 is 0 Å². The zero-order valence-electron chi connectivity index (χ0n) is 12.8. The fourth-order valence-corrected chi connectivity index (χ4v) is 3.08. The van der Waals surface area contributed by atoms with Crippen LogP contribution in [0.3, 0.4) is 0 Å². The molecule has 112 valence electrons. The van der Waals surface area contributed by atoms with Crippen LogP contribution in [0.15, 0.2) is 48.5 Å². The highest BCUT2D eigenvalue weighted by molar-refractivity contribution is 5.84. The smallest absolute Gasteiger partial charge is 0.151 e. The molecule has 4 heteroatoms. The van der Waals surface area contributed by atoms with Gasteiger partial charge in [0.25, 0.3) is 0 Å². The molecular formula is C18H20N4. The summed E-state index contributed by atoms with van der Waals surface area (Å²) in [5.74, 6) is 1.08. The number of nitrogens with one attached hydrogen (secondary N) is 1. The summed E-state index contributed by atoms with van der Waals surface area (Å²) >= 11 is 0. The Morgan fingerprint density at radius 2 is 1.73 bits per heavy atom. The van der Waals surface area contributed by atoms with Crippen LogP contribution in [0.25, 0.3) is 16.5 Å². The Hall–Kier alpha value is -2.33. The second-order valence-corrected chi connectivity index (χ2v) is 5.82. The molecule has 3 aromatic rings. The standard InChI is InChI=1S/C18H20N4/c1-14-12-18(21-10-8-19-9-11-21)20-22(14)17-7-6-15-4-2-3-5-16(15)13-17/h2-7,12-13,19H,8-11H2,1H3. The van der Waals surface area contributed by atoms with E-state index in [4.69, 9.17) is 5.10 Å². The molecule has 4 rings (SSSR count). The molecule has 1 saturated heterocycles. The van der Waals surface area contributed by atoms with Gasteiger partial charge in [-0.2, -0.15) is 5.10 Å². The highest BCUT2D eigenvalue weighted by atomic mass is 15.4. The lowest BCUT2D eigenvalue weighted by atomic mass is 10.1. The number of hydrogen-bond donors (Lipinski definition) is 1. The van der Waals surface area contributed by atoms with Gasteiger partial charge in [0.05, 0.1) is 5.69 Å². The Morgan fingerprint density at radius 3 is 2.55 bits per heavy atom. The fourth-order valence-electron chi connectivity index (χ4n) is 3.08. The average Bonchev–Trinajstić information content (AvgIpc) is 2.97. The first-order valence-corrected chi connectivity index (χ1v) is 7.83. The molecule has 1 fully saturated rings. The van der Waals surface area contributed by atoms with E-state index in [1.54, 1.807) is 0 Å². The molecule has 0 bridgehead atoms. The largest absolute Gasteiger partial charge is 0.353 e. The van der Waals surface area contributed by atoms with Gasteiger partial charge >= 0.3 is 0 Å². The minimum Gasteiger partial charge on any atom is -0.353 e. The Labute approximate surface area is 130 Å². The minimum absolute atomic E-state index is 1.02. The van der Waals surface area contributed by atoms with Crippen LogP contribution in [0, 0.1) is 6.92 Å². The third-order valence-corrected chi connectivity index (χ3v) is 4.29. The highest BCUT2D eigenvalue weighted by Crippen LogP contribution is 2.22. The van der Waals surface area contributed by atoms with E-state index >= 15 is 0 Å². The van der Waals surface area contributed by atoms with Crippen LogP contribution in [0.1, 0.15) is 5.69 Å². The average molecular weight is 292 g/mol. The van der Waals surface area contributed by atoms with Gasteiger partial charge in [0, 0.05) is 37.9 Å². The molecule has 22 heavy (non-hydrogen) atoms. The number of hydrogen-bond acceptors (Lipinski definition) is 3. The van der Waals surface area contributed by atoms with E-state index in [0.29, 0.717) is 0 Å². The van der Waals surface area contributed by atoms with Crippen molar-refractivity contribution in [3.05, 3.63) is 54.2 Å². The molecule has 4 nitrogen and oxygen atoms in total. The maximum Gasteiger partial charge on any atom is 0.151 e. The van der Waals surface area contributed by atoms with Crippen molar-refractivity contribution in [2.24, 2.45) is 0 Å². The van der Waals surface area contributed by atoms with Crippen molar-refractivity contribution in [1.29, 1.82) is 0 Å². The monoisotopic (exact) mass is 292 g/mol. The fraction of sp³-hybridized carbons (Fsp3) is 0.278. The molecule has 0 spiro atoms. The lowest BCUT2D eigenvalue weighted by Crippen LogP contribution is -2.43. The van der Waals surface area contributed by atoms with Gasteiger partial charge < -0.3 is 10.2 Å². The lowest BCUT2D eigenvalue weighted by Gasteiger charge is -2.27. The minimum atomic E-state index is 1.02. The zero-order chi connectivity index (χ0) is 14.9. The zero-order valence-corrected chi connectivity index (χ0v) is 12.8. The topological polar surface area (TPSA) is 33.1 Å². The van der Waals surface area contributed by atoms with Crippen molar-refractivity contribution in [3.63, 3.8) is 0 Å². The van der Waals surface area contributed by atoms with Crippen molar-refractivity contribution in [2.45, 2.75) is 6.92 Å². The number of fused-ring (bicyclic) bond motifs is 1. The Balaban J connectivity index is 1.72. The molecule has 1 N–H and O–H groups in total. The molecule has 0 aliphatic carbocycles. The summed E-state index contributed by atoms with van der Waals surface area (Å²) in [5.41, 5.74) is 2.29. The number of benzene rings is 2. The van der Waals surface area contributed by atoms with Crippen molar-refractivity contribution >= 4 is 16.6 Å². The van der Waals surface area contributed by atoms with E-state index in [9.17, 15) is 0 Å². The summed E-state index contributed by atoms with van der Waals surface area (Å²) < 4.78 is 2.05. The van der Waals surface area contributed by atoms with Gasteiger partial charge in [-0.05, 0) is 29.8 Å². The van der Waals surface area contributed by atoms with Crippen LogP contribution in [-0.2, 0) is 0 Å². The van der Waals surface area contributed by atoms with Crippen LogP contribution < -0.4 is 10.2 Å². The molecule has 1 aliphatic rings. The van der Waals surface area contributed by atoms with Gasteiger partial charge in [-0.25, -0.2) is 4.68 Å². The Morgan fingerprint density at radius 1 is 0.955 bits per heavy atom. The summed E-state index contributed by atoms with van der Waals surface area (Å²) in [6.07, 6.45) is 0. The second-order valence-electron chi connectivity index (χ2n) is 5.82. The summed E-state index contributed by atoms with van der Waals surface area (Å²) in [6.45, 7) is 6.22. The first kappa shape index (κ1) is 13.3. The van der Waals surface area contributed by atoms with Crippen LogP contribution in [0.5, 0.6) is 0 Å². The molecule has 1 aromatic heterocycles. The van der Waals surface area contributed by atoms with E-state index in [-0.39, 0.29) is 0 Å². The summed E-state index contributed by atoms with van der Waals surface area (Å²) in [6, 6.07) is 17.1. The normalized spacial score (nSPS) is 15.4. The van der Waals surface area contributed by atoms with Crippen molar-refractivity contribution in [2.75, 3.05) is 31.1 Å². The van der Waals surface area contributed by atoms with Gasteiger partial charge in [-0.1, -0.05) is 30.3 Å². The van der Waals surface area contributed by atoms with E-state index in [1.165, 1.54) is 16.5 Å². The van der Waals surface area contributed by atoms with Gasteiger partial charge in [-0.15, -0.1) is 0 Å².